The molecule has 1 aliphatic rings. The predicted octanol–water partition coefficient (Wildman–Crippen LogP) is 4.01. The Hall–Kier alpha value is -2.34. The number of hydrogen-bond acceptors (Lipinski definition) is 4. The number of hydrogen-bond donors (Lipinski definition) is 2. The lowest BCUT2D eigenvalue weighted by atomic mass is 9.88. The van der Waals surface area contributed by atoms with Crippen LogP contribution in [-0.4, -0.2) is 18.4 Å². The van der Waals surface area contributed by atoms with Crippen molar-refractivity contribution in [3.63, 3.8) is 0 Å². The number of primary amides is 1. The highest BCUT2D eigenvalue weighted by atomic mass is 32.1. The number of fused-ring (bicyclic) bond motifs is 1. The van der Waals surface area contributed by atoms with Crippen LogP contribution >= 0.6 is 11.3 Å². The number of anilines is 1. The Morgan fingerprint density at radius 2 is 2.04 bits per heavy atom. The van der Waals surface area contributed by atoms with Crippen LogP contribution < -0.4 is 15.8 Å². The minimum absolute atomic E-state index is 0.249. The maximum absolute atomic E-state index is 12.6. The number of benzene rings is 1. The van der Waals surface area contributed by atoms with Crippen LogP contribution in [0.5, 0.6) is 5.75 Å². The molecule has 0 saturated carbocycles. The average Bonchev–Trinajstić information content (AvgIpc) is 2.97. The maximum Gasteiger partial charge on any atom is 0.256 e. The monoisotopic (exact) mass is 372 g/mol. The number of nitrogens with one attached hydrogen (secondary N) is 1. The highest BCUT2D eigenvalue weighted by Gasteiger charge is 2.27. The molecule has 1 atom stereocenters. The molecule has 3 N–H and O–H groups in total. The fraction of sp³-hybridized carbons (Fsp3) is 0.400. The third-order valence-electron chi connectivity index (χ3n) is 4.57. The molecule has 5 nitrogen and oxygen atoms in total. The van der Waals surface area contributed by atoms with Crippen LogP contribution in [0.1, 0.15) is 57.8 Å². The zero-order valence-corrected chi connectivity index (χ0v) is 15.9. The molecule has 3 rings (SSSR count). The van der Waals surface area contributed by atoms with Crippen LogP contribution in [0.2, 0.25) is 0 Å². The second-order valence-corrected chi connectivity index (χ2v) is 7.85. The van der Waals surface area contributed by atoms with Crippen molar-refractivity contribution in [2.45, 2.75) is 39.5 Å². The second kappa shape index (κ2) is 7.91. The first-order chi connectivity index (χ1) is 12.5. The number of carbonyl (C=O) groups excluding carboxylic acids is 2. The second-order valence-electron chi connectivity index (χ2n) is 6.75. The molecule has 1 heterocycles. The van der Waals surface area contributed by atoms with Gasteiger partial charge in [-0.2, -0.15) is 0 Å². The summed E-state index contributed by atoms with van der Waals surface area (Å²) < 4.78 is 5.53. The van der Waals surface area contributed by atoms with Crippen molar-refractivity contribution in [1.82, 2.24) is 0 Å². The summed E-state index contributed by atoms with van der Waals surface area (Å²) in [6, 6.07) is 7.00. The zero-order valence-electron chi connectivity index (χ0n) is 15.1. The molecule has 138 valence electrons. The van der Waals surface area contributed by atoms with Gasteiger partial charge in [0.2, 0.25) is 0 Å². The summed E-state index contributed by atoms with van der Waals surface area (Å²) in [5.41, 5.74) is 7.61. The minimum atomic E-state index is -0.476. The van der Waals surface area contributed by atoms with Crippen molar-refractivity contribution in [1.29, 1.82) is 0 Å². The Bertz CT molecular complexity index is 811. The quantitative estimate of drug-likeness (QED) is 0.804. The van der Waals surface area contributed by atoms with E-state index in [1.165, 1.54) is 11.3 Å². The zero-order chi connectivity index (χ0) is 18.7. The third kappa shape index (κ3) is 3.90. The van der Waals surface area contributed by atoms with E-state index in [1.807, 2.05) is 6.92 Å². The van der Waals surface area contributed by atoms with E-state index in [0.717, 1.165) is 41.9 Å². The molecule has 2 amide bonds. The van der Waals surface area contributed by atoms with Gasteiger partial charge in [-0.25, -0.2) is 0 Å². The van der Waals surface area contributed by atoms with Gasteiger partial charge in [-0.1, -0.05) is 13.8 Å². The first kappa shape index (κ1) is 18.5. The lowest BCUT2D eigenvalue weighted by Crippen LogP contribution is -2.19. The molecule has 0 radical (unpaired) electrons. The molecule has 0 fully saturated rings. The normalized spacial score (nSPS) is 16.0. The molecule has 26 heavy (non-hydrogen) atoms. The molecule has 0 aliphatic heterocycles. The van der Waals surface area contributed by atoms with Crippen molar-refractivity contribution in [2.24, 2.45) is 11.7 Å². The fourth-order valence-electron chi connectivity index (χ4n) is 3.20. The molecule has 0 unspecified atom stereocenters. The van der Waals surface area contributed by atoms with Crippen LogP contribution in [0.15, 0.2) is 24.3 Å². The number of rotatable bonds is 6. The van der Waals surface area contributed by atoms with Crippen LogP contribution in [0.25, 0.3) is 0 Å². The topological polar surface area (TPSA) is 81.4 Å². The van der Waals surface area contributed by atoms with Gasteiger partial charge >= 0.3 is 0 Å². The molecule has 2 aromatic rings. The molecule has 0 spiro atoms. The molecule has 1 aliphatic carbocycles. The standard InChI is InChI=1S/C20H24N2O3S/c1-3-10-25-14-7-5-13(6-8-14)19(24)22-20-17(18(21)23)15-9-4-12(2)11-16(15)26-20/h5-8,12H,3-4,9-11H2,1-2H3,(H2,21,23)(H,22,24)/t12-/m1/s1. The lowest BCUT2D eigenvalue weighted by molar-refractivity contribution is 0.1000. The van der Waals surface area contributed by atoms with Gasteiger partial charge in [-0.05, 0) is 61.4 Å². The van der Waals surface area contributed by atoms with Crippen LogP contribution in [-0.2, 0) is 12.8 Å². The summed E-state index contributed by atoms with van der Waals surface area (Å²) in [4.78, 5) is 25.7. The van der Waals surface area contributed by atoms with E-state index < -0.39 is 5.91 Å². The highest BCUT2D eigenvalue weighted by molar-refractivity contribution is 7.17. The largest absolute Gasteiger partial charge is 0.494 e. The SMILES string of the molecule is CCCOc1ccc(C(=O)Nc2sc3c(c2C(N)=O)CC[C@@H](C)C3)cc1. The van der Waals surface area contributed by atoms with E-state index in [2.05, 4.69) is 12.2 Å². The van der Waals surface area contributed by atoms with Crippen molar-refractivity contribution >= 4 is 28.2 Å². The summed E-state index contributed by atoms with van der Waals surface area (Å²) in [7, 11) is 0. The first-order valence-corrected chi connectivity index (χ1v) is 9.79. The van der Waals surface area contributed by atoms with E-state index >= 15 is 0 Å². The van der Waals surface area contributed by atoms with Gasteiger partial charge in [0.1, 0.15) is 10.8 Å². The minimum Gasteiger partial charge on any atom is -0.494 e. The average molecular weight is 372 g/mol. The number of thiophene rings is 1. The highest BCUT2D eigenvalue weighted by Crippen LogP contribution is 2.39. The van der Waals surface area contributed by atoms with Crippen LogP contribution in [0.3, 0.4) is 0 Å². The summed E-state index contributed by atoms with van der Waals surface area (Å²) in [5, 5.41) is 3.44. The summed E-state index contributed by atoms with van der Waals surface area (Å²) in [5.74, 6) is 0.597. The Kier molecular flexibility index (Phi) is 5.61. The van der Waals surface area contributed by atoms with Crippen molar-refractivity contribution in [3.05, 3.63) is 45.8 Å². The van der Waals surface area contributed by atoms with Gasteiger partial charge in [0.15, 0.2) is 0 Å². The Morgan fingerprint density at radius 3 is 2.69 bits per heavy atom. The van der Waals surface area contributed by atoms with E-state index in [-0.39, 0.29) is 5.91 Å². The Labute approximate surface area is 157 Å². The number of carbonyl (C=O) groups is 2. The van der Waals surface area contributed by atoms with E-state index in [1.54, 1.807) is 24.3 Å². The van der Waals surface area contributed by atoms with Gasteiger partial charge in [-0.3, -0.25) is 9.59 Å². The number of amides is 2. The summed E-state index contributed by atoms with van der Waals surface area (Å²) in [6.45, 7) is 4.89. The van der Waals surface area contributed by atoms with Gasteiger partial charge < -0.3 is 15.8 Å². The molecule has 6 heteroatoms. The molecule has 1 aromatic carbocycles. The van der Waals surface area contributed by atoms with E-state index in [0.29, 0.717) is 28.7 Å². The van der Waals surface area contributed by atoms with Crippen molar-refractivity contribution in [2.75, 3.05) is 11.9 Å². The first-order valence-electron chi connectivity index (χ1n) is 8.98. The van der Waals surface area contributed by atoms with Crippen molar-refractivity contribution < 1.29 is 14.3 Å². The van der Waals surface area contributed by atoms with Crippen LogP contribution in [0, 0.1) is 5.92 Å². The molecule has 0 saturated heterocycles. The molecular formula is C20H24N2O3S. The fourth-order valence-corrected chi connectivity index (χ4v) is 4.61. The predicted molar refractivity (Wildman–Crippen MR) is 104 cm³/mol. The Balaban J connectivity index is 1.80. The molecular weight excluding hydrogens is 348 g/mol. The third-order valence-corrected chi connectivity index (χ3v) is 5.74. The van der Waals surface area contributed by atoms with E-state index in [4.69, 9.17) is 10.5 Å². The maximum atomic E-state index is 12.6. The summed E-state index contributed by atoms with van der Waals surface area (Å²) in [6.07, 6.45) is 3.74. The molecule has 0 bridgehead atoms. The van der Waals surface area contributed by atoms with Crippen LogP contribution in [0.4, 0.5) is 5.00 Å². The van der Waals surface area contributed by atoms with Gasteiger partial charge in [0.05, 0.1) is 12.2 Å². The Morgan fingerprint density at radius 1 is 1.31 bits per heavy atom. The number of ether oxygens (including phenoxy) is 1. The van der Waals surface area contributed by atoms with Crippen molar-refractivity contribution in [3.8, 4) is 5.75 Å². The smallest absolute Gasteiger partial charge is 0.256 e. The van der Waals surface area contributed by atoms with Gasteiger partial charge in [-0.15, -0.1) is 11.3 Å². The lowest BCUT2D eigenvalue weighted by Gasteiger charge is -2.18. The summed E-state index contributed by atoms with van der Waals surface area (Å²) >= 11 is 1.47. The van der Waals surface area contributed by atoms with E-state index in [9.17, 15) is 9.59 Å². The molecule has 1 aromatic heterocycles. The van der Waals surface area contributed by atoms with Gasteiger partial charge in [0.25, 0.3) is 11.8 Å². The number of nitrogens with two attached hydrogens (primary N) is 1. The van der Waals surface area contributed by atoms with Gasteiger partial charge in [0, 0.05) is 10.4 Å².